The normalized spacial score (nSPS) is 16.1. The Morgan fingerprint density at radius 1 is 1.32 bits per heavy atom. The molecular formula is C21H33IN6. The number of halogens is 1. The Hall–Kier alpha value is -1.61. The summed E-state index contributed by atoms with van der Waals surface area (Å²) in [5, 5.41) is 11.2. The van der Waals surface area contributed by atoms with Crippen LogP contribution in [0.25, 0.3) is 5.69 Å². The highest BCUT2D eigenvalue weighted by Gasteiger charge is 2.19. The summed E-state index contributed by atoms with van der Waals surface area (Å²) < 4.78 is 1.88. The summed E-state index contributed by atoms with van der Waals surface area (Å²) in [6, 6.07) is 11.3. The average Bonchev–Trinajstić information content (AvgIpc) is 3.41. The summed E-state index contributed by atoms with van der Waals surface area (Å²) in [7, 11) is 4.06. The molecule has 154 valence electrons. The van der Waals surface area contributed by atoms with Gasteiger partial charge >= 0.3 is 0 Å². The summed E-state index contributed by atoms with van der Waals surface area (Å²) in [5.74, 6) is 0.840. The highest BCUT2D eigenvalue weighted by atomic mass is 127. The number of aliphatic imine (C=N–C) groups is 1. The van der Waals surface area contributed by atoms with Crippen LogP contribution in [0, 0.1) is 0 Å². The standard InChI is InChI=1S/C21H32N6.HI/c1-17(18-8-6-11-20(16-18)27-14-7-12-24-27)25-21(22-2)23-13-15-26(3)19-9-4-5-10-19;/h6-8,11-12,14,16-17,19H,4-5,9-10,13,15H2,1-3H3,(H2,22,23,25);1H. The first-order valence-electron chi connectivity index (χ1n) is 9.95. The molecule has 2 aromatic rings. The molecule has 0 amide bonds. The Kier molecular flexibility index (Phi) is 9.24. The Labute approximate surface area is 185 Å². The van der Waals surface area contributed by atoms with Gasteiger partial charge in [-0.1, -0.05) is 25.0 Å². The number of likely N-dealkylation sites (N-methyl/N-ethyl adjacent to an activating group) is 1. The molecule has 6 nitrogen and oxygen atoms in total. The van der Waals surface area contributed by atoms with Crippen LogP contribution in [-0.4, -0.2) is 53.9 Å². The molecule has 0 spiro atoms. The molecule has 1 aliphatic rings. The number of benzene rings is 1. The molecule has 2 N–H and O–H groups in total. The quantitative estimate of drug-likeness (QED) is 0.350. The molecule has 7 heteroatoms. The maximum atomic E-state index is 4.38. The Balaban J connectivity index is 0.00000280. The third-order valence-electron chi connectivity index (χ3n) is 5.42. The fraction of sp³-hybridized carbons (Fsp3) is 0.524. The zero-order valence-electron chi connectivity index (χ0n) is 17.1. The van der Waals surface area contributed by atoms with Crippen molar-refractivity contribution in [3.63, 3.8) is 0 Å². The van der Waals surface area contributed by atoms with E-state index in [1.807, 2.05) is 24.0 Å². The van der Waals surface area contributed by atoms with Crippen molar-refractivity contribution in [2.45, 2.75) is 44.7 Å². The van der Waals surface area contributed by atoms with Gasteiger partial charge in [0.1, 0.15) is 0 Å². The molecular weight excluding hydrogens is 463 g/mol. The Morgan fingerprint density at radius 3 is 2.79 bits per heavy atom. The molecule has 1 unspecified atom stereocenters. The van der Waals surface area contributed by atoms with E-state index in [9.17, 15) is 0 Å². The van der Waals surface area contributed by atoms with Gasteiger partial charge in [0.05, 0.1) is 11.7 Å². The molecule has 1 fully saturated rings. The third-order valence-corrected chi connectivity index (χ3v) is 5.42. The fourth-order valence-electron chi connectivity index (χ4n) is 3.72. The molecule has 1 aromatic carbocycles. The van der Waals surface area contributed by atoms with E-state index in [1.54, 1.807) is 6.20 Å². The zero-order valence-corrected chi connectivity index (χ0v) is 19.5. The minimum absolute atomic E-state index is 0. The van der Waals surface area contributed by atoms with Crippen molar-refractivity contribution < 1.29 is 0 Å². The lowest BCUT2D eigenvalue weighted by Gasteiger charge is -2.25. The minimum atomic E-state index is 0. The highest BCUT2D eigenvalue weighted by molar-refractivity contribution is 14.0. The van der Waals surface area contributed by atoms with Gasteiger partial charge in [0, 0.05) is 38.6 Å². The van der Waals surface area contributed by atoms with Gasteiger partial charge in [-0.2, -0.15) is 5.10 Å². The second-order valence-electron chi connectivity index (χ2n) is 7.33. The van der Waals surface area contributed by atoms with E-state index in [1.165, 1.54) is 31.2 Å². The lowest BCUT2D eigenvalue weighted by Crippen LogP contribution is -2.43. The number of nitrogens with one attached hydrogen (secondary N) is 2. The maximum Gasteiger partial charge on any atom is 0.191 e. The van der Waals surface area contributed by atoms with Crippen molar-refractivity contribution in [2.75, 3.05) is 27.2 Å². The molecule has 1 aromatic heterocycles. The first-order chi connectivity index (χ1) is 13.2. The van der Waals surface area contributed by atoms with E-state index >= 15 is 0 Å². The molecule has 1 aliphatic carbocycles. The van der Waals surface area contributed by atoms with E-state index in [0.717, 1.165) is 30.8 Å². The summed E-state index contributed by atoms with van der Waals surface area (Å²) >= 11 is 0. The van der Waals surface area contributed by atoms with E-state index in [2.05, 4.69) is 63.9 Å². The number of rotatable bonds is 7. The molecule has 1 heterocycles. The van der Waals surface area contributed by atoms with Gasteiger partial charge in [0.15, 0.2) is 5.96 Å². The summed E-state index contributed by atoms with van der Waals surface area (Å²) in [4.78, 5) is 6.86. The number of hydrogen-bond acceptors (Lipinski definition) is 3. The predicted octanol–water partition coefficient (Wildman–Crippen LogP) is 3.59. The first kappa shape index (κ1) is 22.7. The van der Waals surface area contributed by atoms with Crippen LogP contribution in [0.3, 0.4) is 0 Å². The smallest absolute Gasteiger partial charge is 0.191 e. The van der Waals surface area contributed by atoms with E-state index in [-0.39, 0.29) is 30.0 Å². The SMILES string of the molecule is CN=C(NCCN(C)C1CCCC1)NC(C)c1cccc(-n2cccn2)c1.I. The summed E-state index contributed by atoms with van der Waals surface area (Å²) in [5.41, 5.74) is 2.27. The van der Waals surface area contributed by atoms with Crippen LogP contribution in [0.15, 0.2) is 47.7 Å². The van der Waals surface area contributed by atoms with Crippen LogP contribution in [0.4, 0.5) is 0 Å². The lowest BCUT2D eigenvalue weighted by molar-refractivity contribution is 0.249. The van der Waals surface area contributed by atoms with Crippen LogP contribution >= 0.6 is 24.0 Å². The largest absolute Gasteiger partial charge is 0.355 e. The number of hydrogen-bond donors (Lipinski definition) is 2. The monoisotopic (exact) mass is 496 g/mol. The van der Waals surface area contributed by atoms with Gasteiger partial charge in [-0.25, -0.2) is 4.68 Å². The van der Waals surface area contributed by atoms with E-state index in [4.69, 9.17) is 0 Å². The summed E-state index contributed by atoms with van der Waals surface area (Å²) in [6.07, 6.45) is 9.18. The Bertz CT molecular complexity index is 724. The second-order valence-corrected chi connectivity index (χ2v) is 7.33. The first-order valence-corrected chi connectivity index (χ1v) is 9.95. The Morgan fingerprint density at radius 2 is 2.11 bits per heavy atom. The lowest BCUT2D eigenvalue weighted by atomic mass is 10.1. The van der Waals surface area contributed by atoms with Crippen molar-refractivity contribution >= 4 is 29.9 Å². The van der Waals surface area contributed by atoms with Crippen molar-refractivity contribution in [3.05, 3.63) is 48.3 Å². The minimum Gasteiger partial charge on any atom is -0.355 e. The van der Waals surface area contributed by atoms with Crippen molar-refractivity contribution in [3.8, 4) is 5.69 Å². The third kappa shape index (κ3) is 6.20. The molecule has 28 heavy (non-hydrogen) atoms. The van der Waals surface area contributed by atoms with Crippen LogP contribution in [0.5, 0.6) is 0 Å². The van der Waals surface area contributed by atoms with Crippen molar-refractivity contribution in [2.24, 2.45) is 4.99 Å². The molecule has 0 radical (unpaired) electrons. The van der Waals surface area contributed by atoms with Crippen LogP contribution in [-0.2, 0) is 0 Å². The van der Waals surface area contributed by atoms with Crippen LogP contribution in [0.1, 0.15) is 44.2 Å². The van der Waals surface area contributed by atoms with Gasteiger partial charge in [0.25, 0.3) is 0 Å². The van der Waals surface area contributed by atoms with Gasteiger partial charge in [-0.05, 0) is 50.6 Å². The molecule has 0 bridgehead atoms. The maximum absolute atomic E-state index is 4.38. The number of guanidine groups is 1. The van der Waals surface area contributed by atoms with Crippen LogP contribution < -0.4 is 10.6 Å². The highest BCUT2D eigenvalue weighted by Crippen LogP contribution is 2.21. The zero-order chi connectivity index (χ0) is 19.1. The second kappa shape index (κ2) is 11.4. The van der Waals surface area contributed by atoms with Gasteiger partial charge in [-0.15, -0.1) is 24.0 Å². The van der Waals surface area contributed by atoms with Gasteiger partial charge in [0.2, 0.25) is 0 Å². The van der Waals surface area contributed by atoms with E-state index in [0.29, 0.717) is 0 Å². The molecule has 1 atom stereocenters. The van der Waals surface area contributed by atoms with Gasteiger partial charge in [-0.3, -0.25) is 4.99 Å². The number of nitrogens with zero attached hydrogens (tertiary/aromatic N) is 4. The van der Waals surface area contributed by atoms with Crippen molar-refractivity contribution in [1.29, 1.82) is 0 Å². The molecule has 1 saturated carbocycles. The average molecular weight is 496 g/mol. The van der Waals surface area contributed by atoms with E-state index < -0.39 is 0 Å². The topological polar surface area (TPSA) is 57.5 Å². The van der Waals surface area contributed by atoms with Crippen LogP contribution in [0.2, 0.25) is 0 Å². The molecule has 0 saturated heterocycles. The fourth-order valence-corrected chi connectivity index (χ4v) is 3.72. The van der Waals surface area contributed by atoms with Gasteiger partial charge < -0.3 is 15.5 Å². The number of aromatic nitrogens is 2. The van der Waals surface area contributed by atoms with Crippen molar-refractivity contribution in [1.82, 2.24) is 25.3 Å². The molecule has 3 rings (SSSR count). The molecule has 0 aliphatic heterocycles. The summed E-state index contributed by atoms with van der Waals surface area (Å²) in [6.45, 7) is 4.08. The predicted molar refractivity (Wildman–Crippen MR) is 127 cm³/mol.